The number of anilines is 1. The third kappa shape index (κ3) is 4.27. The van der Waals surface area contributed by atoms with Crippen LogP contribution in [0.2, 0.25) is 0 Å². The van der Waals surface area contributed by atoms with Gasteiger partial charge < -0.3 is 9.64 Å². The van der Waals surface area contributed by atoms with Crippen LogP contribution in [0.15, 0.2) is 60.2 Å². The van der Waals surface area contributed by atoms with Gasteiger partial charge in [0, 0.05) is 11.3 Å². The smallest absolute Gasteiger partial charge is 0.313 e. The Morgan fingerprint density at radius 1 is 1.29 bits per heavy atom. The molecule has 0 aromatic heterocycles. The van der Waals surface area contributed by atoms with Crippen molar-refractivity contribution in [1.29, 1.82) is 0 Å². The van der Waals surface area contributed by atoms with Crippen LogP contribution in [0.3, 0.4) is 0 Å². The van der Waals surface area contributed by atoms with Gasteiger partial charge in [0.2, 0.25) is 0 Å². The first-order chi connectivity index (χ1) is 13.2. The summed E-state index contributed by atoms with van der Waals surface area (Å²) in [6, 6.07) is 7.62. The normalized spacial score (nSPS) is 20.6. The zero-order valence-electron chi connectivity index (χ0n) is 17.2. The SMILES string of the molecule is C=CC1C=C2C(=O)N(c3ccc(C(C)C(=O)OC(C)(C)C)cc3)CC2=CCC1. The lowest BCUT2D eigenvalue weighted by atomic mass is 10.0. The van der Waals surface area contributed by atoms with E-state index < -0.39 is 5.60 Å². The predicted molar refractivity (Wildman–Crippen MR) is 112 cm³/mol. The fourth-order valence-corrected chi connectivity index (χ4v) is 3.57. The van der Waals surface area contributed by atoms with Crippen molar-refractivity contribution >= 4 is 17.6 Å². The molecule has 0 bridgehead atoms. The highest BCUT2D eigenvalue weighted by Gasteiger charge is 2.33. The standard InChI is InChI=1S/C24H29NO3/c1-6-17-8-7-9-19-15-25(22(26)21(19)14-17)20-12-10-18(11-13-20)16(2)23(27)28-24(3,4)5/h6,9-14,16-17H,1,7-8,15H2,2-5H3. The largest absolute Gasteiger partial charge is 0.460 e. The van der Waals surface area contributed by atoms with E-state index in [0.717, 1.165) is 35.2 Å². The van der Waals surface area contributed by atoms with E-state index >= 15 is 0 Å². The quantitative estimate of drug-likeness (QED) is 0.551. The molecule has 2 unspecified atom stereocenters. The van der Waals surface area contributed by atoms with Gasteiger partial charge in [-0.2, -0.15) is 0 Å². The van der Waals surface area contributed by atoms with Gasteiger partial charge in [-0.3, -0.25) is 9.59 Å². The lowest BCUT2D eigenvalue weighted by Crippen LogP contribution is -2.27. The van der Waals surface area contributed by atoms with Gasteiger partial charge in [-0.1, -0.05) is 30.4 Å². The third-order valence-corrected chi connectivity index (χ3v) is 5.19. The lowest BCUT2D eigenvalue weighted by Gasteiger charge is -2.23. The van der Waals surface area contributed by atoms with Gasteiger partial charge in [-0.05, 0) is 69.7 Å². The molecule has 1 aliphatic carbocycles. The number of benzene rings is 1. The van der Waals surface area contributed by atoms with Crippen molar-refractivity contribution < 1.29 is 14.3 Å². The molecule has 2 aliphatic rings. The summed E-state index contributed by atoms with van der Waals surface area (Å²) in [6.45, 7) is 11.9. The molecular formula is C24H29NO3. The molecule has 3 rings (SSSR count). The molecule has 0 saturated carbocycles. The molecular weight excluding hydrogens is 350 g/mol. The van der Waals surface area contributed by atoms with Crippen LogP contribution in [-0.2, 0) is 14.3 Å². The highest BCUT2D eigenvalue weighted by molar-refractivity contribution is 6.12. The summed E-state index contributed by atoms with van der Waals surface area (Å²) in [5, 5.41) is 0. The maximum Gasteiger partial charge on any atom is 0.313 e. The third-order valence-electron chi connectivity index (χ3n) is 5.19. The number of amides is 1. The van der Waals surface area contributed by atoms with Crippen LogP contribution in [0.25, 0.3) is 0 Å². The van der Waals surface area contributed by atoms with Crippen molar-refractivity contribution in [2.45, 2.75) is 52.1 Å². The van der Waals surface area contributed by atoms with E-state index in [1.807, 2.05) is 64.1 Å². The number of allylic oxidation sites excluding steroid dienone is 3. The fraction of sp³-hybridized carbons (Fsp3) is 0.417. The van der Waals surface area contributed by atoms with Crippen LogP contribution in [0.5, 0.6) is 0 Å². The van der Waals surface area contributed by atoms with Crippen LogP contribution in [-0.4, -0.2) is 24.0 Å². The molecule has 4 heteroatoms. The Morgan fingerprint density at radius 3 is 2.57 bits per heavy atom. The Morgan fingerprint density at radius 2 is 1.96 bits per heavy atom. The van der Waals surface area contributed by atoms with E-state index in [4.69, 9.17) is 4.74 Å². The second-order valence-electron chi connectivity index (χ2n) is 8.52. The second kappa shape index (κ2) is 7.78. The van der Waals surface area contributed by atoms with E-state index in [2.05, 4.69) is 12.7 Å². The highest BCUT2D eigenvalue weighted by Crippen LogP contribution is 2.34. The van der Waals surface area contributed by atoms with Gasteiger partial charge in [0.05, 0.1) is 12.5 Å². The van der Waals surface area contributed by atoms with Gasteiger partial charge in [-0.25, -0.2) is 0 Å². The van der Waals surface area contributed by atoms with E-state index in [1.165, 1.54) is 0 Å². The average Bonchev–Trinajstić information content (AvgIpc) is 2.82. The molecule has 0 spiro atoms. The van der Waals surface area contributed by atoms with Crippen LogP contribution in [0, 0.1) is 5.92 Å². The van der Waals surface area contributed by atoms with Gasteiger partial charge in [0.15, 0.2) is 0 Å². The molecule has 1 fully saturated rings. The predicted octanol–water partition coefficient (Wildman–Crippen LogP) is 4.93. The van der Waals surface area contributed by atoms with Crippen LogP contribution >= 0.6 is 0 Å². The van der Waals surface area contributed by atoms with Crippen LogP contribution in [0.1, 0.15) is 52.0 Å². The summed E-state index contributed by atoms with van der Waals surface area (Å²) in [4.78, 5) is 27.0. The molecule has 1 saturated heterocycles. The number of esters is 1. The molecule has 0 N–H and O–H groups in total. The van der Waals surface area contributed by atoms with Crippen molar-refractivity contribution in [1.82, 2.24) is 0 Å². The summed E-state index contributed by atoms with van der Waals surface area (Å²) in [5.41, 5.74) is 3.11. The van der Waals surface area contributed by atoms with Crippen molar-refractivity contribution in [3.63, 3.8) is 0 Å². The monoisotopic (exact) mass is 379 g/mol. The summed E-state index contributed by atoms with van der Waals surface area (Å²) in [6.07, 6.45) is 8.09. The molecule has 148 valence electrons. The van der Waals surface area contributed by atoms with Crippen molar-refractivity contribution in [2.24, 2.45) is 5.92 Å². The maximum atomic E-state index is 12.9. The zero-order chi connectivity index (χ0) is 20.5. The Kier molecular flexibility index (Phi) is 5.59. The summed E-state index contributed by atoms with van der Waals surface area (Å²) in [7, 11) is 0. The number of carbonyl (C=O) groups is 2. The number of nitrogens with zero attached hydrogens (tertiary/aromatic N) is 1. The summed E-state index contributed by atoms with van der Waals surface area (Å²) in [5.74, 6) is -0.324. The van der Waals surface area contributed by atoms with E-state index in [0.29, 0.717) is 6.54 Å². The Bertz CT molecular complexity index is 840. The molecule has 2 atom stereocenters. The van der Waals surface area contributed by atoms with E-state index in [-0.39, 0.29) is 23.7 Å². The molecule has 1 amide bonds. The maximum absolute atomic E-state index is 12.9. The summed E-state index contributed by atoms with van der Waals surface area (Å²) < 4.78 is 5.47. The molecule has 1 aromatic carbocycles. The Hall–Kier alpha value is -2.62. The summed E-state index contributed by atoms with van der Waals surface area (Å²) >= 11 is 0. The first-order valence-electron chi connectivity index (χ1n) is 9.88. The number of fused-ring (bicyclic) bond motifs is 1. The minimum Gasteiger partial charge on any atom is -0.460 e. The van der Waals surface area contributed by atoms with Crippen LogP contribution < -0.4 is 4.90 Å². The van der Waals surface area contributed by atoms with E-state index in [9.17, 15) is 9.59 Å². The number of hydrogen-bond acceptors (Lipinski definition) is 3. The number of ether oxygens (including phenoxy) is 1. The fourth-order valence-electron chi connectivity index (χ4n) is 3.57. The molecule has 0 radical (unpaired) electrons. The number of hydrogen-bond donors (Lipinski definition) is 0. The first-order valence-corrected chi connectivity index (χ1v) is 9.88. The molecule has 1 aromatic rings. The molecule has 1 aliphatic heterocycles. The van der Waals surface area contributed by atoms with Gasteiger partial charge >= 0.3 is 5.97 Å². The minimum absolute atomic E-state index is 0.0351. The average molecular weight is 380 g/mol. The number of rotatable bonds is 4. The lowest BCUT2D eigenvalue weighted by molar-refractivity contribution is -0.156. The Labute approximate surface area is 167 Å². The minimum atomic E-state index is -0.507. The molecule has 1 heterocycles. The second-order valence-corrected chi connectivity index (χ2v) is 8.52. The van der Waals surface area contributed by atoms with Crippen molar-refractivity contribution in [3.8, 4) is 0 Å². The number of carbonyl (C=O) groups excluding carboxylic acids is 2. The van der Waals surface area contributed by atoms with Crippen LogP contribution in [0.4, 0.5) is 5.69 Å². The van der Waals surface area contributed by atoms with Gasteiger partial charge in [0.1, 0.15) is 5.60 Å². The topological polar surface area (TPSA) is 46.6 Å². The zero-order valence-corrected chi connectivity index (χ0v) is 17.2. The van der Waals surface area contributed by atoms with Crippen molar-refractivity contribution in [2.75, 3.05) is 11.4 Å². The molecule has 4 nitrogen and oxygen atoms in total. The Balaban J connectivity index is 1.77. The molecule has 28 heavy (non-hydrogen) atoms. The highest BCUT2D eigenvalue weighted by atomic mass is 16.6. The van der Waals surface area contributed by atoms with E-state index in [1.54, 1.807) is 4.90 Å². The van der Waals surface area contributed by atoms with Crippen molar-refractivity contribution in [3.05, 3.63) is 65.8 Å². The van der Waals surface area contributed by atoms with Gasteiger partial charge in [-0.15, -0.1) is 6.58 Å². The van der Waals surface area contributed by atoms with Gasteiger partial charge in [0.25, 0.3) is 5.91 Å². The first kappa shape index (κ1) is 20.1.